The van der Waals surface area contributed by atoms with E-state index in [1.165, 1.54) is 156 Å². The van der Waals surface area contributed by atoms with Crippen LogP contribution in [0.4, 0.5) is 56.9 Å². The predicted molar refractivity (Wildman–Crippen MR) is 432 cm³/mol. The van der Waals surface area contributed by atoms with Crippen LogP contribution in [0.25, 0.3) is 0 Å². The molecule has 16 heteroatoms. The maximum atomic E-state index is 13.3. The number of aliphatic hydroxyl groups excluding tert-OH is 4. The van der Waals surface area contributed by atoms with E-state index in [0.717, 1.165) is 85.7 Å². The second-order valence-electron chi connectivity index (χ2n) is 29.6. The first kappa shape index (κ1) is 81.9. The van der Waals surface area contributed by atoms with Crippen LogP contribution in [-0.4, -0.2) is 108 Å². The van der Waals surface area contributed by atoms with Gasteiger partial charge in [0.1, 0.15) is 0 Å². The third-order valence-electron chi connectivity index (χ3n) is 21.4. The van der Waals surface area contributed by atoms with Gasteiger partial charge in [-0.1, -0.05) is 217 Å². The van der Waals surface area contributed by atoms with Gasteiger partial charge in [0.05, 0.1) is 24.4 Å². The summed E-state index contributed by atoms with van der Waals surface area (Å²) >= 11 is 0. The van der Waals surface area contributed by atoms with Crippen molar-refractivity contribution >= 4 is 80.5 Å². The minimum Gasteiger partial charge on any atom is -0.392 e. The summed E-state index contributed by atoms with van der Waals surface area (Å²) in [6, 6.07) is 43.8. The number of para-hydroxylation sites is 2. The Balaban J connectivity index is 1.03. The third-order valence-corrected chi connectivity index (χ3v) is 21.4. The number of aliphatic hydroxyl groups is 4. The van der Waals surface area contributed by atoms with E-state index in [9.17, 15) is 39.6 Å². The van der Waals surface area contributed by atoms with E-state index in [1.54, 1.807) is 0 Å². The SMILES string of the molecule is CCCCCCCCN(CCCCCCCC)c1ccc(C2C(O)C(c3c(NC(C)=O)cc(N(CCCCN(c4ccccc4)c4cc(NC(C)=O)c(C5C(O)C(c6ccc(N(CCCCCCCC)CCCCCCCC)cc6)C5O)c(NC(C)=O)c4)c4ccccc4)cc3NC(C)=O)C2O)cc1. The lowest BCUT2D eigenvalue weighted by Gasteiger charge is -2.48. The molecule has 4 amide bonds. The molecule has 4 atom stereocenters. The average molecular weight is 1420 g/mol. The number of carbonyl (C=O) groups excluding carboxylic acids is 4. The number of carbonyl (C=O) groups is 4. The van der Waals surface area contributed by atoms with Crippen LogP contribution in [0, 0.1) is 0 Å². The number of unbranched alkanes of at least 4 members (excludes halogenated alkanes) is 21. The fourth-order valence-electron chi connectivity index (χ4n) is 15.8. The molecule has 6 aromatic carbocycles. The Morgan fingerprint density at radius 1 is 0.288 bits per heavy atom. The fourth-order valence-corrected chi connectivity index (χ4v) is 15.8. The molecule has 2 aliphatic carbocycles. The number of amides is 4. The summed E-state index contributed by atoms with van der Waals surface area (Å²) in [5.41, 5.74) is 9.30. The molecule has 0 radical (unpaired) electrons. The van der Waals surface area contributed by atoms with Crippen molar-refractivity contribution in [3.05, 3.63) is 156 Å². The first-order chi connectivity index (χ1) is 50.5. The molecule has 0 aromatic heterocycles. The number of hydrogen-bond donors (Lipinski definition) is 8. The highest BCUT2D eigenvalue weighted by Crippen LogP contribution is 2.55. The highest BCUT2D eigenvalue weighted by atomic mass is 16.3. The monoisotopic (exact) mass is 1420 g/mol. The standard InChI is InChI=1S/C88H126N8O8/c1-9-13-17-21-25-35-53-93(54-36-26-22-18-14-10-2)69-49-45-67(46-50-69)79-85(101)83(86(79)102)81-75(89-63(5)97)59-73(60-76(81)90-64(6)98)95(71-41-31-29-32-42-71)57-39-40-58-96(72-43-33-30-34-44-72)74-61-77(91-65(7)99)82(78(62-74)92-66(8)100)84-87(103)80(88(84)104)68-47-51-70(52-48-68)94(55-37-27-23-19-15-11-3)56-38-28-24-20-16-12-4/h29-34,41-52,59-62,79-80,83-88,101-104H,9-28,35-40,53-58H2,1-8H3,(H,89,97)(H,90,98)(H,91,99)(H,92,100). The molecular weight excluding hydrogens is 1300 g/mol. The van der Waals surface area contributed by atoms with Crippen molar-refractivity contribution in [1.82, 2.24) is 0 Å². The van der Waals surface area contributed by atoms with Gasteiger partial charge in [-0.15, -0.1) is 0 Å². The summed E-state index contributed by atoms with van der Waals surface area (Å²) in [6.45, 7) is 19.6. The number of hydrogen-bond acceptors (Lipinski definition) is 12. The van der Waals surface area contributed by atoms with Gasteiger partial charge in [0.15, 0.2) is 0 Å². The minimum atomic E-state index is -1.05. The average Bonchev–Trinajstić information content (AvgIpc) is 0.737. The quantitative estimate of drug-likeness (QED) is 0.0168. The van der Waals surface area contributed by atoms with E-state index in [0.29, 0.717) is 71.2 Å². The highest BCUT2D eigenvalue weighted by Gasteiger charge is 2.53. The molecule has 8 rings (SSSR count). The zero-order valence-electron chi connectivity index (χ0n) is 64.2. The van der Waals surface area contributed by atoms with Crippen molar-refractivity contribution in [3.8, 4) is 0 Å². The number of benzene rings is 6. The van der Waals surface area contributed by atoms with Crippen LogP contribution in [0.3, 0.4) is 0 Å². The van der Waals surface area contributed by atoms with Gasteiger partial charge in [-0.2, -0.15) is 0 Å². The second kappa shape index (κ2) is 43.0. The molecule has 4 unspecified atom stereocenters. The summed E-state index contributed by atoms with van der Waals surface area (Å²) in [6.07, 6.45) is 26.5. The molecular formula is C88H126N8O8. The van der Waals surface area contributed by atoms with Crippen LogP contribution in [0.2, 0.25) is 0 Å². The largest absolute Gasteiger partial charge is 0.392 e. The first-order valence-corrected chi connectivity index (χ1v) is 40.0. The number of rotatable bonds is 47. The van der Waals surface area contributed by atoms with E-state index >= 15 is 0 Å². The van der Waals surface area contributed by atoms with Crippen LogP contribution in [0.1, 0.15) is 268 Å². The van der Waals surface area contributed by atoms with Crippen LogP contribution >= 0.6 is 0 Å². The molecule has 16 nitrogen and oxygen atoms in total. The van der Waals surface area contributed by atoms with E-state index < -0.39 is 48.1 Å². The molecule has 2 saturated carbocycles. The molecule has 2 aliphatic rings. The van der Waals surface area contributed by atoms with Gasteiger partial charge in [0.25, 0.3) is 0 Å². The molecule has 2 fully saturated rings. The maximum Gasteiger partial charge on any atom is 0.221 e. The van der Waals surface area contributed by atoms with Crippen LogP contribution in [-0.2, 0) is 19.2 Å². The number of nitrogens with one attached hydrogen (secondary N) is 4. The smallest absolute Gasteiger partial charge is 0.221 e. The van der Waals surface area contributed by atoms with E-state index in [-0.39, 0.29) is 23.6 Å². The van der Waals surface area contributed by atoms with Gasteiger partial charge < -0.3 is 61.3 Å². The topological polar surface area (TPSA) is 210 Å². The zero-order valence-corrected chi connectivity index (χ0v) is 64.2. The summed E-state index contributed by atoms with van der Waals surface area (Å²) < 4.78 is 0. The van der Waals surface area contributed by atoms with Crippen LogP contribution in [0.5, 0.6) is 0 Å². The lowest BCUT2D eigenvalue weighted by molar-refractivity contribution is -0.115. The normalized spacial score (nSPS) is 18.2. The molecule has 0 spiro atoms. The first-order valence-electron chi connectivity index (χ1n) is 40.0. The molecule has 0 heterocycles. The molecule has 8 N–H and O–H groups in total. The van der Waals surface area contributed by atoms with Crippen molar-refractivity contribution in [3.63, 3.8) is 0 Å². The summed E-state index contributed by atoms with van der Waals surface area (Å²) in [4.78, 5) is 62.4. The van der Waals surface area contributed by atoms with E-state index in [1.807, 2.05) is 109 Å². The van der Waals surface area contributed by atoms with Crippen molar-refractivity contribution in [2.75, 3.05) is 80.1 Å². The number of nitrogens with zero attached hydrogens (tertiary/aromatic N) is 4. The Bertz CT molecular complexity index is 3200. The Labute approximate surface area is 623 Å². The maximum absolute atomic E-state index is 13.3. The van der Waals surface area contributed by atoms with Gasteiger partial charge in [-0.25, -0.2) is 0 Å². The van der Waals surface area contributed by atoms with Gasteiger partial charge >= 0.3 is 0 Å². The van der Waals surface area contributed by atoms with Crippen LogP contribution in [0.15, 0.2) is 133 Å². The molecule has 0 aliphatic heterocycles. The third kappa shape index (κ3) is 23.4. The van der Waals surface area contributed by atoms with Gasteiger partial charge in [-0.3, -0.25) is 19.2 Å². The van der Waals surface area contributed by atoms with Gasteiger partial charge in [0.2, 0.25) is 23.6 Å². The summed E-state index contributed by atoms with van der Waals surface area (Å²) in [5, 5.41) is 61.4. The Morgan fingerprint density at radius 2 is 0.529 bits per heavy atom. The van der Waals surface area contributed by atoms with E-state index in [4.69, 9.17) is 0 Å². The van der Waals surface area contributed by atoms with Crippen molar-refractivity contribution in [2.24, 2.45) is 0 Å². The van der Waals surface area contributed by atoms with E-state index in [2.05, 4.69) is 92.8 Å². The van der Waals surface area contributed by atoms with Gasteiger partial charge in [0, 0.05) is 159 Å². The minimum absolute atomic E-state index is 0.355. The highest BCUT2D eigenvalue weighted by molar-refractivity contribution is 5.98. The van der Waals surface area contributed by atoms with Crippen molar-refractivity contribution in [1.29, 1.82) is 0 Å². The van der Waals surface area contributed by atoms with Gasteiger partial charge in [-0.05, 0) is 122 Å². The Kier molecular flexibility index (Phi) is 33.9. The summed E-state index contributed by atoms with van der Waals surface area (Å²) in [5.74, 6) is -4.35. The Morgan fingerprint density at radius 3 is 0.779 bits per heavy atom. The van der Waals surface area contributed by atoms with Crippen LogP contribution < -0.4 is 40.9 Å². The zero-order chi connectivity index (χ0) is 74.3. The predicted octanol–water partition coefficient (Wildman–Crippen LogP) is 19.5. The molecule has 0 saturated heterocycles. The fraction of sp³-hybridized carbons (Fsp3) is 0.545. The Hall–Kier alpha value is -7.76. The summed E-state index contributed by atoms with van der Waals surface area (Å²) in [7, 11) is 0. The van der Waals surface area contributed by atoms with Crippen molar-refractivity contribution < 1.29 is 39.6 Å². The molecule has 6 aromatic rings. The van der Waals surface area contributed by atoms with Crippen molar-refractivity contribution in [2.45, 2.75) is 270 Å². The molecule has 104 heavy (non-hydrogen) atoms. The lowest BCUT2D eigenvalue weighted by Crippen LogP contribution is -2.52. The number of anilines is 10. The molecule has 0 bridgehead atoms. The molecule has 566 valence electrons. The lowest BCUT2D eigenvalue weighted by atomic mass is 9.62. The second-order valence-corrected chi connectivity index (χ2v) is 29.6.